The second kappa shape index (κ2) is 8.37. The second-order valence-corrected chi connectivity index (χ2v) is 4.75. The predicted octanol–water partition coefficient (Wildman–Crippen LogP) is 0.971. The quantitative estimate of drug-likeness (QED) is 0.603. The van der Waals surface area contributed by atoms with Crippen molar-refractivity contribution < 1.29 is 28.3 Å². The lowest BCUT2D eigenvalue weighted by molar-refractivity contribution is -0.150. The highest BCUT2D eigenvalue weighted by Crippen LogP contribution is 2.12. The van der Waals surface area contributed by atoms with Gasteiger partial charge >= 0.3 is 11.9 Å². The van der Waals surface area contributed by atoms with Gasteiger partial charge in [0.05, 0.1) is 6.26 Å². The molecule has 1 heterocycles. The average molecular weight is 332 g/mol. The zero-order valence-electron chi connectivity index (χ0n) is 12.9. The van der Waals surface area contributed by atoms with Crippen LogP contribution < -0.4 is 15.6 Å². The smallest absolute Gasteiger partial charge is 0.344 e. The molecular formula is C16H16N2O6. The first-order valence-corrected chi connectivity index (χ1v) is 7.02. The van der Waals surface area contributed by atoms with Crippen molar-refractivity contribution in [3.05, 3.63) is 54.0 Å². The minimum atomic E-state index is -0.705. The van der Waals surface area contributed by atoms with Gasteiger partial charge in [-0.05, 0) is 36.8 Å². The van der Waals surface area contributed by atoms with Gasteiger partial charge in [0.1, 0.15) is 5.75 Å². The van der Waals surface area contributed by atoms with Crippen LogP contribution >= 0.6 is 0 Å². The van der Waals surface area contributed by atoms with Crippen molar-refractivity contribution in [1.82, 2.24) is 10.9 Å². The molecule has 0 fully saturated rings. The Hall–Kier alpha value is -3.29. The van der Waals surface area contributed by atoms with E-state index < -0.39 is 24.4 Å². The van der Waals surface area contributed by atoms with Crippen LogP contribution in [-0.4, -0.2) is 31.0 Å². The van der Waals surface area contributed by atoms with Crippen LogP contribution in [0.3, 0.4) is 0 Å². The Morgan fingerprint density at radius 2 is 1.92 bits per heavy atom. The summed E-state index contributed by atoms with van der Waals surface area (Å²) in [6, 6.07) is 10.1. The molecule has 2 N–H and O–H groups in total. The van der Waals surface area contributed by atoms with E-state index in [2.05, 4.69) is 10.9 Å². The first-order valence-electron chi connectivity index (χ1n) is 7.02. The number of benzene rings is 1. The highest BCUT2D eigenvalue weighted by Gasteiger charge is 2.11. The number of esters is 1. The van der Waals surface area contributed by atoms with Gasteiger partial charge in [0, 0.05) is 0 Å². The van der Waals surface area contributed by atoms with Crippen molar-refractivity contribution in [3.63, 3.8) is 0 Å². The van der Waals surface area contributed by atoms with Gasteiger partial charge in [0.25, 0.3) is 5.91 Å². The summed E-state index contributed by atoms with van der Waals surface area (Å²) < 4.78 is 14.8. The molecule has 2 amide bonds. The molecule has 24 heavy (non-hydrogen) atoms. The minimum absolute atomic E-state index is 0.0406. The van der Waals surface area contributed by atoms with Gasteiger partial charge in [-0.25, -0.2) is 4.79 Å². The van der Waals surface area contributed by atoms with Crippen LogP contribution in [0.15, 0.2) is 47.1 Å². The van der Waals surface area contributed by atoms with E-state index in [0.29, 0.717) is 5.75 Å². The van der Waals surface area contributed by atoms with Crippen LogP contribution in [0.2, 0.25) is 0 Å². The van der Waals surface area contributed by atoms with Crippen LogP contribution in [0.4, 0.5) is 0 Å². The standard InChI is InChI=1S/C16H16N2O6/c1-11-4-2-5-12(8-11)23-10-15(20)24-9-14(19)17-18-16(21)13-6-3-7-22-13/h2-8H,9-10H2,1H3,(H,17,19)(H,18,21). The van der Waals surface area contributed by atoms with E-state index in [9.17, 15) is 14.4 Å². The van der Waals surface area contributed by atoms with Gasteiger partial charge in [-0.2, -0.15) is 0 Å². The fraction of sp³-hybridized carbons (Fsp3) is 0.188. The Balaban J connectivity index is 1.64. The number of hydrogen-bond acceptors (Lipinski definition) is 6. The van der Waals surface area contributed by atoms with Crippen molar-refractivity contribution in [2.24, 2.45) is 0 Å². The number of amides is 2. The Kier molecular flexibility index (Phi) is 5.95. The number of ether oxygens (including phenoxy) is 2. The maximum atomic E-state index is 11.5. The monoisotopic (exact) mass is 332 g/mol. The molecule has 0 aliphatic carbocycles. The maximum absolute atomic E-state index is 11.5. The largest absolute Gasteiger partial charge is 0.482 e. The Bertz CT molecular complexity index is 711. The maximum Gasteiger partial charge on any atom is 0.344 e. The number of furan rings is 1. The zero-order valence-corrected chi connectivity index (χ0v) is 12.9. The fourth-order valence-corrected chi connectivity index (χ4v) is 1.67. The molecule has 0 aliphatic rings. The van der Waals surface area contributed by atoms with Crippen LogP contribution in [0.25, 0.3) is 0 Å². The molecule has 1 aromatic heterocycles. The molecule has 8 nitrogen and oxygen atoms in total. The van der Waals surface area contributed by atoms with Crippen molar-refractivity contribution in [2.45, 2.75) is 6.92 Å². The Morgan fingerprint density at radius 1 is 1.08 bits per heavy atom. The Labute approximate surface area is 137 Å². The molecule has 126 valence electrons. The summed E-state index contributed by atoms with van der Waals surface area (Å²) in [5.74, 6) is -1.45. The van der Waals surface area contributed by atoms with Gasteiger partial charge in [-0.15, -0.1) is 0 Å². The van der Waals surface area contributed by atoms with E-state index in [-0.39, 0.29) is 12.4 Å². The number of hydrazine groups is 1. The molecule has 1 aromatic carbocycles. The van der Waals surface area contributed by atoms with Crippen molar-refractivity contribution in [3.8, 4) is 5.75 Å². The molecule has 2 aromatic rings. The summed E-state index contributed by atoms with van der Waals surface area (Å²) in [7, 11) is 0. The molecule has 8 heteroatoms. The van der Waals surface area contributed by atoms with Crippen molar-refractivity contribution >= 4 is 17.8 Å². The predicted molar refractivity (Wildman–Crippen MR) is 81.9 cm³/mol. The third-order valence-corrected chi connectivity index (χ3v) is 2.77. The highest BCUT2D eigenvalue weighted by molar-refractivity contribution is 5.93. The lowest BCUT2D eigenvalue weighted by Gasteiger charge is -2.08. The van der Waals surface area contributed by atoms with E-state index in [1.807, 2.05) is 13.0 Å². The number of aryl methyl sites for hydroxylation is 1. The van der Waals surface area contributed by atoms with E-state index in [1.165, 1.54) is 18.4 Å². The molecule has 0 aliphatic heterocycles. The molecule has 0 spiro atoms. The van der Waals surface area contributed by atoms with Gasteiger partial charge in [-0.3, -0.25) is 20.4 Å². The van der Waals surface area contributed by atoms with Gasteiger partial charge < -0.3 is 13.9 Å². The summed E-state index contributed by atoms with van der Waals surface area (Å²) in [4.78, 5) is 34.5. The zero-order chi connectivity index (χ0) is 17.4. The van der Waals surface area contributed by atoms with E-state index in [1.54, 1.807) is 18.2 Å². The van der Waals surface area contributed by atoms with Crippen LogP contribution in [0, 0.1) is 6.92 Å². The van der Waals surface area contributed by atoms with Crippen LogP contribution in [-0.2, 0) is 14.3 Å². The molecule has 0 unspecified atom stereocenters. The molecular weight excluding hydrogens is 316 g/mol. The number of carbonyl (C=O) groups excluding carboxylic acids is 3. The van der Waals surface area contributed by atoms with Crippen molar-refractivity contribution in [1.29, 1.82) is 0 Å². The minimum Gasteiger partial charge on any atom is -0.482 e. The summed E-state index contributed by atoms with van der Waals surface area (Å²) >= 11 is 0. The third kappa shape index (κ3) is 5.48. The second-order valence-electron chi connectivity index (χ2n) is 4.75. The molecule has 0 radical (unpaired) electrons. The number of rotatable bonds is 6. The topological polar surface area (TPSA) is 107 Å². The van der Waals surface area contributed by atoms with Crippen LogP contribution in [0.5, 0.6) is 5.75 Å². The SMILES string of the molecule is Cc1cccc(OCC(=O)OCC(=O)NNC(=O)c2ccco2)c1. The van der Waals surface area contributed by atoms with E-state index in [0.717, 1.165) is 5.56 Å². The number of carbonyl (C=O) groups is 3. The summed E-state index contributed by atoms with van der Waals surface area (Å²) in [5.41, 5.74) is 5.20. The lowest BCUT2D eigenvalue weighted by atomic mass is 10.2. The number of hydrogen-bond donors (Lipinski definition) is 2. The average Bonchev–Trinajstić information content (AvgIpc) is 3.10. The van der Waals surface area contributed by atoms with E-state index in [4.69, 9.17) is 13.9 Å². The molecule has 0 saturated carbocycles. The molecule has 0 bridgehead atoms. The summed E-state index contributed by atoms with van der Waals surface area (Å²) in [6.45, 7) is 1.02. The van der Waals surface area contributed by atoms with Gasteiger partial charge in [0.15, 0.2) is 19.0 Å². The van der Waals surface area contributed by atoms with Gasteiger partial charge in [0.2, 0.25) is 0 Å². The van der Waals surface area contributed by atoms with Gasteiger partial charge in [-0.1, -0.05) is 12.1 Å². The Morgan fingerprint density at radius 3 is 2.62 bits per heavy atom. The molecule has 2 rings (SSSR count). The first-order chi connectivity index (χ1) is 11.5. The number of nitrogens with one attached hydrogen (secondary N) is 2. The summed E-state index contributed by atoms with van der Waals surface area (Å²) in [5, 5.41) is 0. The summed E-state index contributed by atoms with van der Waals surface area (Å²) in [6.07, 6.45) is 1.33. The lowest BCUT2D eigenvalue weighted by Crippen LogP contribution is -2.43. The normalized spacial score (nSPS) is 9.88. The van der Waals surface area contributed by atoms with Crippen molar-refractivity contribution in [2.75, 3.05) is 13.2 Å². The first kappa shape index (κ1) is 17.1. The third-order valence-electron chi connectivity index (χ3n) is 2.77. The van der Waals surface area contributed by atoms with Crippen LogP contribution in [0.1, 0.15) is 16.1 Å². The highest BCUT2D eigenvalue weighted by atomic mass is 16.6. The molecule has 0 atom stereocenters. The molecule has 0 saturated heterocycles. The fourth-order valence-electron chi connectivity index (χ4n) is 1.67. The van der Waals surface area contributed by atoms with E-state index >= 15 is 0 Å².